The summed E-state index contributed by atoms with van der Waals surface area (Å²) in [6.45, 7) is 9.13. The highest BCUT2D eigenvalue weighted by molar-refractivity contribution is 5.75. The van der Waals surface area contributed by atoms with E-state index in [1.165, 1.54) is 0 Å². The molecule has 0 radical (unpaired) electrons. The van der Waals surface area contributed by atoms with Gasteiger partial charge < -0.3 is 0 Å². The molecule has 0 aliphatic carbocycles. The molecule has 0 saturated heterocycles. The van der Waals surface area contributed by atoms with Crippen LogP contribution in [0.25, 0.3) is 11.0 Å². The third kappa shape index (κ3) is 4.73. The second-order valence-corrected chi connectivity index (χ2v) is 6.35. The Bertz CT molecular complexity index is 650. The van der Waals surface area contributed by atoms with Crippen LogP contribution in [-0.2, 0) is 13.1 Å². The second kappa shape index (κ2) is 9.96. The van der Waals surface area contributed by atoms with E-state index in [9.17, 15) is 4.79 Å². The van der Waals surface area contributed by atoms with Crippen LogP contribution in [0.3, 0.4) is 0 Å². The molecule has 0 aliphatic rings. The number of aryl methyl sites for hydroxylation is 2. The summed E-state index contributed by atoms with van der Waals surface area (Å²) < 4.78 is 3.90. The van der Waals surface area contributed by atoms with Crippen molar-refractivity contribution in [2.45, 2.75) is 64.5 Å². The fourth-order valence-corrected chi connectivity index (χ4v) is 3.18. The molecule has 0 aliphatic heterocycles. The lowest BCUT2D eigenvalue weighted by Crippen LogP contribution is -2.24. The molecule has 1 aromatic heterocycles. The van der Waals surface area contributed by atoms with E-state index in [0.717, 1.165) is 75.5 Å². The summed E-state index contributed by atoms with van der Waals surface area (Å²) in [7, 11) is 0. The molecule has 3 nitrogen and oxygen atoms in total. The number of allylic oxidation sites excluding steroid dienone is 2. The number of imidazole rings is 1. The third-order valence-electron chi connectivity index (χ3n) is 4.51. The Morgan fingerprint density at radius 3 is 1.62 bits per heavy atom. The minimum Gasteiger partial charge on any atom is -0.292 e. The van der Waals surface area contributed by atoms with Crippen LogP contribution < -0.4 is 5.69 Å². The average molecular weight is 326 g/mol. The van der Waals surface area contributed by atoms with Crippen LogP contribution in [0.5, 0.6) is 0 Å². The highest BCUT2D eigenvalue weighted by Crippen LogP contribution is 2.15. The van der Waals surface area contributed by atoms with Gasteiger partial charge in [0.1, 0.15) is 0 Å². The maximum atomic E-state index is 12.8. The number of nitrogens with zero attached hydrogens (tertiary/aromatic N) is 2. The van der Waals surface area contributed by atoms with Gasteiger partial charge >= 0.3 is 5.69 Å². The molecule has 2 rings (SSSR count). The Morgan fingerprint density at radius 2 is 1.21 bits per heavy atom. The Morgan fingerprint density at radius 1 is 0.750 bits per heavy atom. The highest BCUT2D eigenvalue weighted by Gasteiger charge is 2.11. The van der Waals surface area contributed by atoms with E-state index in [1.54, 1.807) is 0 Å². The summed E-state index contributed by atoms with van der Waals surface area (Å²) in [5.74, 6) is 0. The summed E-state index contributed by atoms with van der Waals surface area (Å²) in [4.78, 5) is 12.8. The summed E-state index contributed by atoms with van der Waals surface area (Å²) in [5, 5.41) is 0. The van der Waals surface area contributed by atoms with Crippen molar-refractivity contribution in [1.29, 1.82) is 0 Å². The smallest absolute Gasteiger partial charge is 0.292 e. The number of rotatable bonds is 12. The zero-order chi connectivity index (χ0) is 17.2. The molecule has 2 aromatic rings. The molecule has 1 heterocycles. The monoisotopic (exact) mass is 326 g/mol. The molecule has 0 spiro atoms. The number of hydrogen-bond donors (Lipinski definition) is 0. The minimum absolute atomic E-state index is 0.142. The van der Waals surface area contributed by atoms with E-state index in [1.807, 2.05) is 33.4 Å². The number of para-hydroxylation sites is 2. The standard InChI is InChI=1S/C21H30N2O/c1-3-5-7-9-13-17-22-19-15-11-12-16-20(19)23(21(22)24)18-14-10-8-6-4-2/h3-4,11-12,15-16H,1-2,5-10,13-14,17-18H2. The van der Waals surface area contributed by atoms with Crippen LogP contribution in [-0.4, -0.2) is 9.13 Å². The maximum Gasteiger partial charge on any atom is 0.329 e. The topological polar surface area (TPSA) is 26.9 Å². The molecule has 1 aromatic carbocycles. The van der Waals surface area contributed by atoms with Crippen molar-refractivity contribution in [3.05, 3.63) is 60.1 Å². The van der Waals surface area contributed by atoms with Gasteiger partial charge in [0.05, 0.1) is 11.0 Å². The minimum atomic E-state index is 0.142. The summed E-state index contributed by atoms with van der Waals surface area (Å²) in [6, 6.07) is 8.16. The van der Waals surface area contributed by atoms with Gasteiger partial charge in [0.25, 0.3) is 0 Å². The van der Waals surface area contributed by atoms with Crippen molar-refractivity contribution in [2.24, 2.45) is 0 Å². The predicted molar refractivity (Wildman–Crippen MR) is 104 cm³/mol. The van der Waals surface area contributed by atoms with E-state index in [2.05, 4.69) is 25.3 Å². The van der Waals surface area contributed by atoms with E-state index in [-0.39, 0.29) is 5.69 Å². The number of hydrogen-bond acceptors (Lipinski definition) is 1. The Kier molecular flexibility index (Phi) is 7.60. The molecule has 3 heteroatoms. The molecule has 0 fully saturated rings. The van der Waals surface area contributed by atoms with Crippen molar-refractivity contribution in [3.8, 4) is 0 Å². The van der Waals surface area contributed by atoms with Crippen LogP contribution >= 0.6 is 0 Å². The second-order valence-electron chi connectivity index (χ2n) is 6.35. The van der Waals surface area contributed by atoms with Crippen molar-refractivity contribution < 1.29 is 0 Å². The first kappa shape index (κ1) is 18.3. The first-order valence-corrected chi connectivity index (χ1v) is 9.19. The fraction of sp³-hybridized carbons (Fsp3) is 0.476. The average Bonchev–Trinajstić information content (AvgIpc) is 2.87. The molecular formula is C21H30N2O. The lowest BCUT2D eigenvalue weighted by atomic mass is 10.2. The van der Waals surface area contributed by atoms with Gasteiger partial charge in [0.2, 0.25) is 0 Å². The molecule has 0 saturated carbocycles. The van der Waals surface area contributed by atoms with Gasteiger partial charge in [0, 0.05) is 13.1 Å². The summed E-state index contributed by atoms with van der Waals surface area (Å²) in [5.41, 5.74) is 2.28. The van der Waals surface area contributed by atoms with E-state index in [4.69, 9.17) is 0 Å². The van der Waals surface area contributed by atoms with Gasteiger partial charge in [-0.25, -0.2) is 4.79 Å². The first-order valence-electron chi connectivity index (χ1n) is 9.19. The number of benzene rings is 1. The predicted octanol–water partition coefficient (Wildman–Crippen LogP) is 5.30. The summed E-state index contributed by atoms with van der Waals surface area (Å²) >= 11 is 0. The lowest BCUT2D eigenvalue weighted by molar-refractivity contribution is 0.547. The molecule has 24 heavy (non-hydrogen) atoms. The molecule has 130 valence electrons. The number of unbranched alkanes of at least 4 members (excludes halogenated alkanes) is 6. The van der Waals surface area contributed by atoms with Crippen LogP contribution in [0.2, 0.25) is 0 Å². The quantitative estimate of drug-likeness (QED) is 0.384. The molecule has 0 amide bonds. The van der Waals surface area contributed by atoms with Gasteiger partial charge in [-0.2, -0.15) is 0 Å². The summed E-state index contributed by atoms with van der Waals surface area (Å²) in [6.07, 6.45) is 12.7. The van der Waals surface area contributed by atoms with E-state index in [0.29, 0.717) is 0 Å². The SMILES string of the molecule is C=CCCCCCn1c(=O)n(CCCCCC=C)c2ccccc21. The van der Waals surface area contributed by atoms with E-state index < -0.39 is 0 Å². The fourth-order valence-electron chi connectivity index (χ4n) is 3.18. The lowest BCUT2D eigenvalue weighted by Gasteiger charge is -2.03. The largest absolute Gasteiger partial charge is 0.329 e. The number of fused-ring (bicyclic) bond motifs is 1. The van der Waals surface area contributed by atoms with Crippen molar-refractivity contribution >= 4 is 11.0 Å². The molecule has 0 unspecified atom stereocenters. The first-order chi connectivity index (χ1) is 11.8. The van der Waals surface area contributed by atoms with Gasteiger partial charge in [-0.15, -0.1) is 13.2 Å². The van der Waals surface area contributed by atoms with Crippen LogP contribution in [0, 0.1) is 0 Å². The van der Waals surface area contributed by atoms with Crippen molar-refractivity contribution in [3.63, 3.8) is 0 Å². The van der Waals surface area contributed by atoms with Crippen molar-refractivity contribution in [2.75, 3.05) is 0 Å². The van der Waals surface area contributed by atoms with Gasteiger partial charge in [0.15, 0.2) is 0 Å². The van der Waals surface area contributed by atoms with Crippen LogP contribution in [0.15, 0.2) is 54.4 Å². The number of aromatic nitrogens is 2. The third-order valence-corrected chi connectivity index (χ3v) is 4.51. The molecule has 0 atom stereocenters. The van der Waals surface area contributed by atoms with E-state index >= 15 is 0 Å². The van der Waals surface area contributed by atoms with Crippen LogP contribution in [0.1, 0.15) is 51.4 Å². The maximum absolute atomic E-state index is 12.8. The highest BCUT2D eigenvalue weighted by atomic mass is 16.1. The van der Waals surface area contributed by atoms with Crippen LogP contribution in [0.4, 0.5) is 0 Å². The Hall–Kier alpha value is -2.03. The molecule has 0 bridgehead atoms. The molecule has 0 N–H and O–H groups in total. The van der Waals surface area contributed by atoms with Gasteiger partial charge in [-0.3, -0.25) is 9.13 Å². The van der Waals surface area contributed by atoms with Crippen molar-refractivity contribution in [1.82, 2.24) is 9.13 Å². The zero-order valence-corrected chi connectivity index (χ0v) is 14.8. The van der Waals surface area contributed by atoms with Gasteiger partial charge in [-0.1, -0.05) is 37.1 Å². The molecular weight excluding hydrogens is 296 g/mol. The zero-order valence-electron chi connectivity index (χ0n) is 14.8. The Labute approximate surface area is 145 Å². The normalized spacial score (nSPS) is 11.0. The Balaban J connectivity index is 2.07. The van der Waals surface area contributed by atoms with Gasteiger partial charge in [-0.05, 0) is 50.7 Å².